The Morgan fingerprint density at radius 2 is 2.35 bits per heavy atom. The number of hydrogen-bond donors (Lipinski definition) is 2. The van der Waals surface area contributed by atoms with Crippen LogP contribution in [0.5, 0.6) is 0 Å². The summed E-state index contributed by atoms with van der Waals surface area (Å²) in [4.78, 5) is 11.8. The largest absolute Gasteiger partial charge is 0.393 e. The van der Waals surface area contributed by atoms with Gasteiger partial charge in [-0.2, -0.15) is 5.10 Å². The van der Waals surface area contributed by atoms with E-state index in [1.807, 2.05) is 6.92 Å². The van der Waals surface area contributed by atoms with Crippen LogP contribution in [0.2, 0.25) is 5.15 Å². The molecule has 2 unspecified atom stereocenters. The number of carbonyl (C=O) groups excluding carboxylic acids is 1. The van der Waals surface area contributed by atoms with Gasteiger partial charge in [0.05, 0.1) is 11.8 Å². The molecule has 1 aromatic heterocycles. The highest BCUT2D eigenvalue weighted by molar-refractivity contribution is 6.31. The highest BCUT2D eigenvalue weighted by Crippen LogP contribution is 2.24. The molecule has 6 heteroatoms. The second-order valence-electron chi connectivity index (χ2n) is 5.25. The molecule has 0 aromatic carbocycles. The molecule has 2 atom stereocenters. The van der Waals surface area contributed by atoms with Crippen LogP contribution in [0.25, 0.3) is 6.08 Å². The quantitative estimate of drug-likeness (QED) is 0.831. The summed E-state index contributed by atoms with van der Waals surface area (Å²) >= 11 is 6.08. The first kappa shape index (κ1) is 15.1. The van der Waals surface area contributed by atoms with Crippen molar-refractivity contribution in [3.05, 3.63) is 22.5 Å². The smallest absolute Gasteiger partial charge is 0.244 e. The molecule has 1 aromatic rings. The van der Waals surface area contributed by atoms with Crippen LogP contribution in [0, 0.1) is 12.8 Å². The van der Waals surface area contributed by atoms with Gasteiger partial charge in [-0.3, -0.25) is 9.48 Å². The van der Waals surface area contributed by atoms with E-state index in [1.54, 1.807) is 17.8 Å². The summed E-state index contributed by atoms with van der Waals surface area (Å²) in [6.45, 7) is 2.36. The third-order valence-corrected chi connectivity index (χ3v) is 4.20. The van der Waals surface area contributed by atoms with Crippen LogP contribution in [-0.4, -0.2) is 33.4 Å². The number of halogens is 1. The van der Waals surface area contributed by atoms with E-state index in [4.69, 9.17) is 11.6 Å². The molecule has 1 aliphatic rings. The fourth-order valence-electron chi connectivity index (χ4n) is 2.54. The summed E-state index contributed by atoms with van der Waals surface area (Å²) in [5.74, 6) is -0.000476. The third-order valence-electron chi connectivity index (χ3n) is 3.75. The molecule has 110 valence electrons. The molecule has 2 N–H and O–H groups in total. The molecule has 1 heterocycles. The second kappa shape index (κ2) is 6.41. The minimum Gasteiger partial charge on any atom is -0.393 e. The number of aliphatic hydroxyl groups excluding tert-OH is 1. The van der Waals surface area contributed by atoms with E-state index in [9.17, 15) is 9.90 Å². The molecule has 0 aliphatic heterocycles. The van der Waals surface area contributed by atoms with Gasteiger partial charge < -0.3 is 10.4 Å². The molecule has 0 bridgehead atoms. The van der Waals surface area contributed by atoms with Crippen molar-refractivity contribution in [3.8, 4) is 0 Å². The maximum absolute atomic E-state index is 11.8. The molecule has 0 saturated heterocycles. The van der Waals surface area contributed by atoms with Crippen LogP contribution in [0.15, 0.2) is 6.08 Å². The number of nitrogens with one attached hydrogen (secondary N) is 1. The van der Waals surface area contributed by atoms with Gasteiger partial charge in [0, 0.05) is 31.1 Å². The zero-order valence-electron chi connectivity index (χ0n) is 11.8. The van der Waals surface area contributed by atoms with E-state index in [1.165, 1.54) is 6.08 Å². The van der Waals surface area contributed by atoms with Gasteiger partial charge >= 0.3 is 0 Å². The van der Waals surface area contributed by atoms with Gasteiger partial charge in [-0.05, 0) is 25.8 Å². The van der Waals surface area contributed by atoms with Crippen molar-refractivity contribution in [1.82, 2.24) is 15.1 Å². The number of nitrogens with zero attached hydrogens (tertiary/aromatic N) is 2. The highest BCUT2D eigenvalue weighted by atomic mass is 35.5. The minimum absolute atomic E-state index is 0.177. The molecule has 1 fully saturated rings. The molecule has 0 spiro atoms. The average molecular weight is 298 g/mol. The van der Waals surface area contributed by atoms with Gasteiger partial charge in [-0.25, -0.2) is 0 Å². The summed E-state index contributed by atoms with van der Waals surface area (Å²) in [6, 6.07) is 0. The fraction of sp³-hybridized carbons (Fsp3) is 0.571. The molecule has 1 saturated carbocycles. The SMILES string of the molecule is Cc1nn(C)c(Cl)c1C=CC(=O)NCC1CCCC1O. The van der Waals surface area contributed by atoms with Crippen molar-refractivity contribution in [1.29, 1.82) is 0 Å². The lowest BCUT2D eigenvalue weighted by Gasteiger charge is -2.13. The normalized spacial score (nSPS) is 22.6. The Morgan fingerprint density at radius 1 is 1.60 bits per heavy atom. The standard InChI is InChI=1S/C14H20ClN3O2/c1-9-11(14(15)18(2)17-9)6-7-13(20)16-8-10-4-3-5-12(10)19/h6-7,10,12,19H,3-5,8H2,1-2H3,(H,16,20). The average Bonchev–Trinajstić information content (AvgIpc) is 2.91. The van der Waals surface area contributed by atoms with Crippen molar-refractivity contribution in [3.63, 3.8) is 0 Å². The first-order valence-electron chi connectivity index (χ1n) is 6.82. The molecular weight excluding hydrogens is 278 g/mol. The van der Waals surface area contributed by atoms with E-state index in [2.05, 4.69) is 10.4 Å². The fourth-order valence-corrected chi connectivity index (χ4v) is 2.78. The van der Waals surface area contributed by atoms with E-state index in [-0.39, 0.29) is 17.9 Å². The molecule has 5 nitrogen and oxygen atoms in total. The lowest BCUT2D eigenvalue weighted by atomic mass is 10.1. The van der Waals surface area contributed by atoms with E-state index in [0.717, 1.165) is 30.5 Å². The van der Waals surface area contributed by atoms with Crippen molar-refractivity contribution in [2.75, 3.05) is 6.54 Å². The number of aromatic nitrogens is 2. The first-order valence-corrected chi connectivity index (χ1v) is 7.20. The lowest BCUT2D eigenvalue weighted by molar-refractivity contribution is -0.116. The van der Waals surface area contributed by atoms with Crippen molar-refractivity contribution < 1.29 is 9.90 Å². The number of hydrogen-bond acceptors (Lipinski definition) is 3. The first-order chi connectivity index (χ1) is 9.49. The van der Waals surface area contributed by atoms with E-state index >= 15 is 0 Å². The molecular formula is C14H20ClN3O2. The third kappa shape index (κ3) is 3.41. The van der Waals surface area contributed by atoms with Crippen LogP contribution in [0.4, 0.5) is 0 Å². The van der Waals surface area contributed by atoms with Crippen LogP contribution in [0.1, 0.15) is 30.5 Å². The van der Waals surface area contributed by atoms with Gasteiger partial charge in [-0.15, -0.1) is 0 Å². The number of rotatable bonds is 4. The molecule has 0 radical (unpaired) electrons. The summed E-state index contributed by atoms with van der Waals surface area (Å²) in [5, 5.41) is 17.2. The molecule has 1 aliphatic carbocycles. The summed E-state index contributed by atoms with van der Waals surface area (Å²) in [7, 11) is 1.76. The molecule has 2 rings (SSSR count). The van der Waals surface area contributed by atoms with Crippen LogP contribution in [0.3, 0.4) is 0 Å². The van der Waals surface area contributed by atoms with Crippen molar-refractivity contribution in [2.45, 2.75) is 32.3 Å². The summed E-state index contributed by atoms with van der Waals surface area (Å²) < 4.78 is 1.57. The second-order valence-corrected chi connectivity index (χ2v) is 5.61. The topological polar surface area (TPSA) is 67.2 Å². The Morgan fingerprint density at radius 3 is 2.90 bits per heavy atom. The maximum Gasteiger partial charge on any atom is 0.244 e. The van der Waals surface area contributed by atoms with Crippen LogP contribution >= 0.6 is 11.6 Å². The van der Waals surface area contributed by atoms with Gasteiger partial charge in [-0.1, -0.05) is 18.0 Å². The number of aryl methyl sites for hydroxylation is 2. The monoisotopic (exact) mass is 297 g/mol. The Labute approximate surface area is 123 Å². The summed E-state index contributed by atoms with van der Waals surface area (Å²) in [6.07, 6.45) is 5.68. The van der Waals surface area contributed by atoms with E-state index < -0.39 is 0 Å². The number of aliphatic hydroxyl groups is 1. The van der Waals surface area contributed by atoms with Crippen LogP contribution < -0.4 is 5.32 Å². The van der Waals surface area contributed by atoms with Gasteiger partial charge in [0.1, 0.15) is 5.15 Å². The predicted molar refractivity (Wildman–Crippen MR) is 78.3 cm³/mol. The summed E-state index contributed by atoms with van der Waals surface area (Å²) in [5.41, 5.74) is 1.54. The number of carbonyl (C=O) groups is 1. The highest BCUT2D eigenvalue weighted by Gasteiger charge is 2.24. The predicted octanol–water partition coefficient (Wildman–Crippen LogP) is 1.67. The number of amides is 1. The van der Waals surface area contributed by atoms with Crippen LogP contribution in [-0.2, 0) is 11.8 Å². The maximum atomic E-state index is 11.8. The van der Waals surface area contributed by atoms with Gasteiger partial charge in [0.2, 0.25) is 5.91 Å². The van der Waals surface area contributed by atoms with Crippen molar-refractivity contribution >= 4 is 23.6 Å². The zero-order chi connectivity index (χ0) is 14.7. The molecule has 20 heavy (non-hydrogen) atoms. The van der Waals surface area contributed by atoms with Crippen molar-refractivity contribution in [2.24, 2.45) is 13.0 Å². The Bertz CT molecular complexity index is 525. The Balaban J connectivity index is 1.89. The van der Waals surface area contributed by atoms with Gasteiger partial charge in [0.15, 0.2) is 0 Å². The lowest BCUT2D eigenvalue weighted by Crippen LogP contribution is -2.31. The van der Waals surface area contributed by atoms with Gasteiger partial charge in [0.25, 0.3) is 0 Å². The minimum atomic E-state index is -0.283. The Hall–Kier alpha value is -1.33. The zero-order valence-corrected chi connectivity index (χ0v) is 12.5. The van der Waals surface area contributed by atoms with E-state index in [0.29, 0.717) is 11.7 Å². The Kier molecular flexibility index (Phi) is 4.83. The molecule has 1 amide bonds.